The lowest BCUT2D eigenvalue weighted by Gasteiger charge is -2.44. The van der Waals surface area contributed by atoms with Crippen LogP contribution in [0.5, 0.6) is 0 Å². The van der Waals surface area contributed by atoms with Crippen LogP contribution in [0.4, 0.5) is 0 Å². The van der Waals surface area contributed by atoms with Gasteiger partial charge < -0.3 is 28.4 Å². The molecule has 0 radical (unpaired) electrons. The number of carbonyl (C=O) groups excluding carboxylic acids is 2. The van der Waals surface area contributed by atoms with Crippen LogP contribution in [0.3, 0.4) is 0 Å². The van der Waals surface area contributed by atoms with E-state index in [1.165, 1.54) is 46.6 Å². The molecule has 0 aliphatic carbocycles. The summed E-state index contributed by atoms with van der Waals surface area (Å²) in [6.07, 6.45) is 7.60. The summed E-state index contributed by atoms with van der Waals surface area (Å²) in [5.74, 6) is -0.851. The van der Waals surface area contributed by atoms with E-state index in [-0.39, 0.29) is 6.61 Å². The molecular formula is C25H46O8. The number of hydrogen-bond donors (Lipinski definition) is 0. The Kier molecular flexibility index (Phi) is 16.4. The van der Waals surface area contributed by atoms with Gasteiger partial charge in [0.25, 0.3) is 0 Å². The standard InChI is InChI=1S/C25H46O8/c1-6-8-10-12-14-16-29-22-21(18-31-19(3)26)33-25(28-5)24(23(22)32-20(4)27)30-17-15-13-11-9-7-2/h21-25H,6-18H2,1-5H3/t21-,22-,23+,24+,25+/m1/s1. The topological polar surface area (TPSA) is 89.5 Å². The van der Waals surface area contributed by atoms with E-state index >= 15 is 0 Å². The normalized spacial score (nSPS) is 25.1. The SMILES string of the molecule is CCCCCCCO[C@@H]1[C@@H](OC)O[C@H](COC(C)=O)[C@@H](OCCCCCCC)[C@@H]1OC(C)=O. The molecule has 1 rings (SSSR count). The number of rotatable bonds is 18. The Morgan fingerprint density at radius 3 is 1.76 bits per heavy atom. The summed E-state index contributed by atoms with van der Waals surface area (Å²) in [5.41, 5.74) is 0. The minimum absolute atomic E-state index is 0.0167. The van der Waals surface area contributed by atoms with Gasteiger partial charge in [-0.1, -0.05) is 65.2 Å². The van der Waals surface area contributed by atoms with Gasteiger partial charge in [-0.15, -0.1) is 0 Å². The van der Waals surface area contributed by atoms with Crippen molar-refractivity contribution in [1.29, 1.82) is 0 Å². The molecule has 0 aromatic heterocycles. The molecule has 0 spiro atoms. The predicted molar refractivity (Wildman–Crippen MR) is 125 cm³/mol. The van der Waals surface area contributed by atoms with Gasteiger partial charge in [0.1, 0.15) is 24.9 Å². The maximum atomic E-state index is 12.0. The Bertz CT molecular complexity index is 527. The summed E-state index contributed by atoms with van der Waals surface area (Å²) < 4.78 is 34.8. The molecule has 0 bridgehead atoms. The molecule has 1 aliphatic heterocycles. The summed E-state index contributed by atoms with van der Waals surface area (Å²) >= 11 is 0. The summed E-state index contributed by atoms with van der Waals surface area (Å²) in [6.45, 7) is 8.04. The van der Waals surface area contributed by atoms with Gasteiger partial charge in [0.05, 0.1) is 0 Å². The Morgan fingerprint density at radius 1 is 0.727 bits per heavy atom. The molecule has 194 valence electrons. The molecule has 5 atom stereocenters. The quantitative estimate of drug-likeness (QED) is 0.211. The van der Waals surface area contributed by atoms with Crippen molar-refractivity contribution >= 4 is 11.9 Å². The van der Waals surface area contributed by atoms with Gasteiger partial charge in [0, 0.05) is 34.2 Å². The van der Waals surface area contributed by atoms with E-state index < -0.39 is 42.6 Å². The van der Waals surface area contributed by atoms with Gasteiger partial charge in [-0.3, -0.25) is 9.59 Å². The average molecular weight is 475 g/mol. The first kappa shape index (κ1) is 29.8. The van der Waals surface area contributed by atoms with Crippen molar-refractivity contribution in [2.45, 2.75) is 123 Å². The number of esters is 2. The molecule has 1 fully saturated rings. The van der Waals surface area contributed by atoms with E-state index in [2.05, 4.69) is 13.8 Å². The Morgan fingerprint density at radius 2 is 1.27 bits per heavy atom. The number of carbonyl (C=O) groups is 2. The molecule has 0 aromatic rings. The highest BCUT2D eigenvalue weighted by atomic mass is 16.7. The minimum Gasteiger partial charge on any atom is -0.463 e. The fourth-order valence-corrected chi connectivity index (χ4v) is 3.96. The van der Waals surface area contributed by atoms with Crippen LogP contribution in [0.15, 0.2) is 0 Å². The molecule has 8 heteroatoms. The zero-order valence-electron chi connectivity index (χ0n) is 21.3. The minimum atomic E-state index is -0.769. The summed E-state index contributed by atoms with van der Waals surface area (Å²) in [4.78, 5) is 23.4. The molecule has 1 heterocycles. The van der Waals surface area contributed by atoms with E-state index in [4.69, 9.17) is 28.4 Å². The van der Waals surface area contributed by atoms with Gasteiger partial charge >= 0.3 is 11.9 Å². The third-order valence-electron chi connectivity index (χ3n) is 5.69. The van der Waals surface area contributed by atoms with Crippen molar-refractivity contribution in [1.82, 2.24) is 0 Å². The summed E-state index contributed by atoms with van der Waals surface area (Å²) in [7, 11) is 1.52. The monoisotopic (exact) mass is 474 g/mol. The largest absolute Gasteiger partial charge is 0.463 e. The van der Waals surface area contributed by atoms with Crippen LogP contribution in [0, 0.1) is 0 Å². The van der Waals surface area contributed by atoms with Crippen LogP contribution in [0.1, 0.15) is 91.9 Å². The smallest absolute Gasteiger partial charge is 0.303 e. The molecule has 8 nitrogen and oxygen atoms in total. The average Bonchev–Trinajstić information content (AvgIpc) is 2.78. The first-order valence-electron chi connectivity index (χ1n) is 12.7. The fraction of sp³-hybridized carbons (Fsp3) is 0.920. The number of hydrogen-bond acceptors (Lipinski definition) is 8. The molecule has 0 amide bonds. The van der Waals surface area contributed by atoms with Crippen molar-refractivity contribution in [3.63, 3.8) is 0 Å². The van der Waals surface area contributed by atoms with Gasteiger partial charge in [-0.2, -0.15) is 0 Å². The van der Waals surface area contributed by atoms with Crippen molar-refractivity contribution < 1.29 is 38.0 Å². The zero-order valence-corrected chi connectivity index (χ0v) is 21.3. The molecule has 0 unspecified atom stereocenters. The van der Waals surface area contributed by atoms with Gasteiger partial charge in [0.2, 0.25) is 0 Å². The summed E-state index contributed by atoms with van der Waals surface area (Å²) in [6, 6.07) is 0. The highest BCUT2D eigenvalue weighted by Gasteiger charge is 2.50. The second-order valence-electron chi connectivity index (χ2n) is 8.65. The molecule has 0 aromatic carbocycles. The van der Waals surface area contributed by atoms with Crippen LogP contribution >= 0.6 is 0 Å². The van der Waals surface area contributed by atoms with E-state index in [0.717, 1.165) is 38.5 Å². The first-order chi connectivity index (χ1) is 15.9. The Balaban J connectivity index is 2.89. The molecule has 1 aliphatic rings. The van der Waals surface area contributed by atoms with E-state index in [1.807, 2.05) is 0 Å². The lowest BCUT2D eigenvalue weighted by atomic mass is 9.98. The van der Waals surface area contributed by atoms with Crippen molar-refractivity contribution in [2.24, 2.45) is 0 Å². The van der Waals surface area contributed by atoms with E-state index in [1.54, 1.807) is 0 Å². The van der Waals surface area contributed by atoms with Gasteiger partial charge in [0.15, 0.2) is 12.4 Å². The maximum Gasteiger partial charge on any atom is 0.303 e. The van der Waals surface area contributed by atoms with E-state index in [9.17, 15) is 9.59 Å². The molecule has 33 heavy (non-hydrogen) atoms. The Hall–Kier alpha value is -1.22. The van der Waals surface area contributed by atoms with Crippen LogP contribution in [-0.2, 0) is 38.0 Å². The third-order valence-corrected chi connectivity index (χ3v) is 5.69. The predicted octanol–water partition coefficient (Wildman–Crippen LogP) is 4.56. The maximum absolute atomic E-state index is 12.0. The molecule has 1 saturated heterocycles. The molecule has 0 N–H and O–H groups in total. The van der Waals surface area contributed by atoms with Crippen LogP contribution in [0.25, 0.3) is 0 Å². The highest BCUT2D eigenvalue weighted by Crippen LogP contribution is 2.29. The lowest BCUT2D eigenvalue weighted by molar-refractivity contribution is -0.312. The number of methoxy groups -OCH3 is 1. The molecular weight excluding hydrogens is 428 g/mol. The first-order valence-corrected chi connectivity index (χ1v) is 12.7. The highest BCUT2D eigenvalue weighted by molar-refractivity contribution is 5.66. The van der Waals surface area contributed by atoms with Gasteiger partial charge in [-0.05, 0) is 12.8 Å². The van der Waals surface area contributed by atoms with Crippen LogP contribution in [-0.4, -0.2) is 69.6 Å². The van der Waals surface area contributed by atoms with Crippen molar-refractivity contribution in [3.8, 4) is 0 Å². The lowest BCUT2D eigenvalue weighted by Crippen LogP contribution is -2.62. The second kappa shape index (κ2) is 18.2. The third kappa shape index (κ3) is 12.2. The van der Waals surface area contributed by atoms with Crippen molar-refractivity contribution in [2.75, 3.05) is 26.9 Å². The molecule has 0 saturated carbocycles. The van der Waals surface area contributed by atoms with Gasteiger partial charge in [-0.25, -0.2) is 0 Å². The number of unbranched alkanes of at least 4 members (excludes halogenated alkanes) is 8. The van der Waals surface area contributed by atoms with E-state index in [0.29, 0.717) is 13.2 Å². The number of ether oxygens (including phenoxy) is 6. The zero-order chi connectivity index (χ0) is 24.5. The fourth-order valence-electron chi connectivity index (χ4n) is 3.96. The Labute approximate surface area is 199 Å². The van der Waals surface area contributed by atoms with Crippen LogP contribution < -0.4 is 0 Å². The second-order valence-corrected chi connectivity index (χ2v) is 8.65. The summed E-state index contributed by atoms with van der Waals surface area (Å²) in [5, 5.41) is 0. The van der Waals surface area contributed by atoms with Crippen molar-refractivity contribution in [3.05, 3.63) is 0 Å². The van der Waals surface area contributed by atoms with Crippen LogP contribution in [0.2, 0.25) is 0 Å².